The molecular formula is C17H22N4O4S. The Balaban J connectivity index is 1.75. The van der Waals surface area contributed by atoms with Gasteiger partial charge in [0.1, 0.15) is 0 Å². The van der Waals surface area contributed by atoms with E-state index >= 15 is 0 Å². The minimum atomic E-state index is -3.57. The molecule has 0 saturated carbocycles. The van der Waals surface area contributed by atoms with Crippen molar-refractivity contribution in [2.75, 3.05) is 18.4 Å². The molecule has 1 aromatic carbocycles. The number of amides is 1. The predicted molar refractivity (Wildman–Crippen MR) is 95.1 cm³/mol. The van der Waals surface area contributed by atoms with E-state index in [1.165, 1.54) is 28.6 Å². The largest absolute Gasteiger partial charge is 0.408 e. The molecule has 1 N–H and O–H groups in total. The molecule has 140 valence electrons. The average molecular weight is 378 g/mol. The second kappa shape index (κ2) is 7.16. The number of piperidine rings is 1. The zero-order valence-electron chi connectivity index (χ0n) is 15.0. The molecule has 0 unspecified atom stereocenters. The van der Waals surface area contributed by atoms with Crippen LogP contribution in [0, 0.1) is 18.8 Å². The van der Waals surface area contributed by atoms with Crippen molar-refractivity contribution in [3.8, 4) is 0 Å². The second-order valence-electron chi connectivity index (χ2n) is 6.87. The summed E-state index contributed by atoms with van der Waals surface area (Å²) < 4.78 is 32.3. The Hall–Kier alpha value is -2.26. The fourth-order valence-electron chi connectivity index (χ4n) is 3.25. The summed E-state index contributed by atoms with van der Waals surface area (Å²) in [7, 11) is -3.57. The van der Waals surface area contributed by atoms with Crippen LogP contribution in [0.3, 0.4) is 0 Å². The highest BCUT2D eigenvalue weighted by Crippen LogP contribution is 2.26. The smallest absolute Gasteiger partial charge is 0.322 e. The Bertz CT molecular complexity index is 882. The predicted octanol–water partition coefficient (Wildman–Crippen LogP) is 2.30. The Labute approximate surface area is 152 Å². The number of rotatable bonds is 4. The van der Waals surface area contributed by atoms with Crippen LogP contribution in [0.4, 0.5) is 6.01 Å². The summed E-state index contributed by atoms with van der Waals surface area (Å²) >= 11 is 0. The summed E-state index contributed by atoms with van der Waals surface area (Å²) in [6.45, 7) is 6.77. The molecule has 26 heavy (non-hydrogen) atoms. The monoisotopic (exact) mass is 378 g/mol. The van der Waals surface area contributed by atoms with Crippen molar-refractivity contribution in [2.24, 2.45) is 11.8 Å². The standard InChI is InChI=1S/C17H22N4O4S/c1-11-8-12(2)10-21(9-11)26(23,24)15-6-4-14(5-7-15)16(22)18-17-20-19-13(3)25-17/h4-7,11-12H,8-10H2,1-3H3,(H,18,20,22)/t11-,12-/m0/s1. The normalized spacial score (nSPS) is 21.5. The van der Waals surface area contributed by atoms with Crippen LogP contribution in [0.2, 0.25) is 0 Å². The van der Waals surface area contributed by atoms with E-state index in [-0.39, 0.29) is 10.9 Å². The van der Waals surface area contributed by atoms with Gasteiger partial charge in [-0.3, -0.25) is 10.1 Å². The number of nitrogens with zero attached hydrogens (tertiary/aromatic N) is 3. The highest BCUT2D eigenvalue weighted by atomic mass is 32.2. The Morgan fingerprint density at radius 1 is 1.15 bits per heavy atom. The fourth-order valence-corrected chi connectivity index (χ4v) is 4.93. The van der Waals surface area contributed by atoms with Crippen LogP contribution in [-0.4, -0.2) is 41.9 Å². The Morgan fingerprint density at radius 2 is 1.77 bits per heavy atom. The van der Waals surface area contributed by atoms with Crippen molar-refractivity contribution in [3.05, 3.63) is 35.7 Å². The van der Waals surface area contributed by atoms with Crippen LogP contribution in [0.1, 0.15) is 36.5 Å². The molecule has 3 rings (SSSR count). The van der Waals surface area contributed by atoms with E-state index in [4.69, 9.17) is 4.42 Å². The molecule has 1 fully saturated rings. The summed E-state index contributed by atoms with van der Waals surface area (Å²) in [5, 5.41) is 9.79. The van der Waals surface area contributed by atoms with Crippen molar-refractivity contribution in [1.29, 1.82) is 0 Å². The van der Waals surface area contributed by atoms with Crippen LogP contribution in [-0.2, 0) is 10.0 Å². The third-order valence-corrected chi connectivity index (χ3v) is 6.18. The molecular weight excluding hydrogens is 356 g/mol. The third kappa shape index (κ3) is 3.94. The van der Waals surface area contributed by atoms with Gasteiger partial charge in [-0.25, -0.2) is 8.42 Å². The van der Waals surface area contributed by atoms with Gasteiger partial charge in [0.2, 0.25) is 15.9 Å². The van der Waals surface area contributed by atoms with Crippen molar-refractivity contribution >= 4 is 21.9 Å². The number of carbonyl (C=O) groups is 1. The zero-order chi connectivity index (χ0) is 18.9. The highest BCUT2D eigenvalue weighted by molar-refractivity contribution is 7.89. The van der Waals surface area contributed by atoms with E-state index in [0.717, 1.165) is 6.42 Å². The molecule has 1 aromatic heterocycles. The van der Waals surface area contributed by atoms with E-state index in [0.29, 0.717) is 36.4 Å². The summed E-state index contributed by atoms with van der Waals surface area (Å²) in [5.41, 5.74) is 0.306. The second-order valence-corrected chi connectivity index (χ2v) is 8.81. The molecule has 8 nitrogen and oxygen atoms in total. The van der Waals surface area contributed by atoms with E-state index in [2.05, 4.69) is 29.4 Å². The minimum absolute atomic E-state index is 0.000454. The number of hydrogen-bond donors (Lipinski definition) is 1. The first-order chi connectivity index (χ1) is 12.3. The van der Waals surface area contributed by atoms with Gasteiger partial charge in [-0.1, -0.05) is 18.9 Å². The first kappa shape index (κ1) is 18.5. The van der Waals surface area contributed by atoms with Crippen molar-refractivity contribution in [1.82, 2.24) is 14.5 Å². The molecule has 9 heteroatoms. The van der Waals surface area contributed by atoms with Crippen LogP contribution < -0.4 is 5.32 Å². The molecule has 2 aromatic rings. The topological polar surface area (TPSA) is 105 Å². The summed E-state index contributed by atoms with van der Waals surface area (Å²) in [6.07, 6.45) is 1.03. The van der Waals surface area contributed by atoms with Crippen LogP contribution in [0.15, 0.2) is 33.6 Å². The van der Waals surface area contributed by atoms with Crippen molar-refractivity contribution in [2.45, 2.75) is 32.1 Å². The lowest BCUT2D eigenvalue weighted by atomic mass is 9.94. The summed E-state index contributed by atoms with van der Waals surface area (Å²) in [5.74, 6) is 0.553. The molecule has 1 saturated heterocycles. The van der Waals surface area contributed by atoms with Gasteiger partial charge in [-0.15, -0.1) is 5.10 Å². The van der Waals surface area contributed by atoms with Gasteiger partial charge >= 0.3 is 6.01 Å². The number of benzene rings is 1. The molecule has 2 atom stereocenters. The Morgan fingerprint density at radius 3 is 2.31 bits per heavy atom. The third-order valence-electron chi connectivity index (χ3n) is 4.34. The molecule has 0 radical (unpaired) electrons. The van der Waals surface area contributed by atoms with E-state index in [1.54, 1.807) is 6.92 Å². The van der Waals surface area contributed by atoms with E-state index < -0.39 is 15.9 Å². The number of carbonyl (C=O) groups excluding carboxylic acids is 1. The van der Waals surface area contributed by atoms with Gasteiger partial charge in [-0.05, 0) is 42.5 Å². The van der Waals surface area contributed by atoms with Gasteiger partial charge in [-0.2, -0.15) is 4.31 Å². The lowest BCUT2D eigenvalue weighted by molar-refractivity contribution is 0.102. The van der Waals surface area contributed by atoms with Gasteiger partial charge < -0.3 is 4.42 Å². The molecule has 1 aliphatic heterocycles. The van der Waals surface area contributed by atoms with Crippen LogP contribution in [0.5, 0.6) is 0 Å². The zero-order valence-corrected chi connectivity index (χ0v) is 15.8. The van der Waals surface area contributed by atoms with Gasteiger partial charge in [0.25, 0.3) is 5.91 Å². The molecule has 1 aliphatic rings. The van der Waals surface area contributed by atoms with Crippen molar-refractivity contribution in [3.63, 3.8) is 0 Å². The number of sulfonamides is 1. The van der Waals surface area contributed by atoms with Crippen molar-refractivity contribution < 1.29 is 17.6 Å². The highest BCUT2D eigenvalue weighted by Gasteiger charge is 2.31. The molecule has 0 bridgehead atoms. The molecule has 0 aliphatic carbocycles. The van der Waals surface area contributed by atoms with E-state index in [9.17, 15) is 13.2 Å². The number of aromatic nitrogens is 2. The SMILES string of the molecule is Cc1nnc(NC(=O)c2ccc(S(=O)(=O)N3C[C@@H](C)C[C@H](C)C3)cc2)o1. The van der Waals surface area contributed by atoms with Gasteiger partial charge in [0, 0.05) is 25.6 Å². The first-order valence-electron chi connectivity index (χ1n) is 8.47. The molecule has 1 amide bonds. The average Bonchev–Trinajstić information content (AvgIpc) is 2.99. The maximum Gasteiger partial charge on any atom is 0.322 e. The number of aryl methyl sites for hydroxylation is 1. The minimum Gasteiger partial charge on any atom is -0.408 e. The van der Waals surface area contributed by atoms with Gasteiger partial charge in [0.05, 0.1) is 4.90 Å². The maximum absolute atomic E-state index is 12.8. The summed E-state index contributed by atoms with van der Waals surface area (Å²) in [4.78, 5) is 12.4. The van der Waals surface area contributed by atoms with Crippen LogP contribution >= 0.6 is 0 Å². The maximum atomic E-state index is 12.8. The number of nitrogens with one attached hydrogen (secondary N) is 1. The summed E-state index contributed by atoms with van der Waals surface area (Å²) in [6, 6.07) is 5.85. The Kier molecular flexibility index (Phi) is 5.10. The quantitative estimate of drug-likeness (QED) is 0.875. The van der Waals surface area contributed by atoms with Crippen LogP contribution in [0.25, 0.3) is 0 Å². The lowest BCUT2D eigenvalue weighted by Gasteiger charge is -2.34. The molecule has 0 spiro atoms. The van der Waals surface area contributed by atoms with E-state index in [1.807, 2.05) is 0 Å². The number of hydrogen-bond acceptors (Lipinski definition) is 6. The van der Waals surface area contributed by atoms with Gasteiger partial charge in [0.15, 0.2) is 0 Å². The fraction of sp³-hybridized carbons (Fsp3) is 0.471. The first-order valence-corrected chi connectivity index (χ1v) is 9.91. The number of anilines is 1. The lowest BCUT2D eigenvalue weighted by Crippen LogP contribution is -2.42. The molecule has 2 heterocycles.